The van der Waals surface area contributed by atoms with Crippen molar-refractivity contribution in [3.63, 3.8) is 0 Å². The van der Waals surface area contributed by atoms with Crippen LogP contribution in [0.3, 0.4) is 0 Å². The van der Waals surface area contributed by atoms with Gasteiger partial charge in [0, 0.05) is 18.6 Å². The number of rotatable bonds is 5. The Kier molecular flexibility index (Phi) is 5.74. The van der Waals surface area contributed by atoms with Gasteiger partial charge in [0.1, 0.15) is 12.4 Å². The molecule has 0 spiro atoms. The molecule has 1 unspecified atom stereocenters. The second kappa shape index (κ2) is 7.99. The van der Waals surface area contributed by atoms with Crippen LogP contribution in [0.5, 0.6) is 5.75 Å². The van der Waals surface area contributed by atoms with Gasteiger partial charge in [-0.15, -0.1) is 0 Å². The SMILES string of the molecule is Cc1ccc(NC(=O)[C@@H]2CCN[C@H](C)C2)c(OCC2CCCO2)c1. The van der Waals surface area contributed by atoms with Crippen molar-refractivity contribution in [1.82, 2.24) is 5.32 Å². The van der Waals surface area contributed by atoms with E-state index in [1.165, 1.54) is 0 Å². The summed E-state index contributed by atoms with van der Waals surface area (Å²) in [7, 11) is 0. The average Bonchev–Trinajstić information content (AvgIpc) is 3.08. The van der Waals surface area contributed by atoms with Gasteiger partial charge < -0.3 is 20.1 Å². The number of anilines is 1. The van der Waals surface area contributed by atoms with E-state index < -0.39 is 0 Å². The molecule has 24 heavy (non-hydrogen) atoms. The van der Waals surface area contributed by atoms with Crippen LogP contribution in [0, 0.1) is 12.8 Å². The predicted molar refractivity (Wildman–Crippen MR) is 94.5 cm³/mol. The predicted octanol–water partition coefficient (Wildman–Crippen LogP) is 2.88. The van der Waals surface area contributed by atoms with E-state index >= 15 is 0 Å². The standard InChI is InChI=1S/C19H28N2O3/c1-13-5-6-17(18(10-13)24-12-16-4-3-9-23-16)21-19(22)15-7-8-20-14(2)11-15/h5-6,10,14-16,20H,3-4,7-9,11-12H2,1-2H3,(H,21,22)/t14-,15-,16?/m1/s1. The second-order valence-corrected chi connectivity index (χ2v) is 7.01. The Morgan fingerprint density at radius 1 is 1.42 bits per heavy atom. The molecule has 0 bridgehead atoms. The first-order valence-electron chi connectivity index (χ1n) is 9.01. The van der Waals surface area contributed by atoms with Crippen molar-refractivity contribution in [3.05, 3.63) is 23.8 Å². The molecular weight excluding hydrogens is 304 g/mol. The van der Waals surface area contributed by atoms with Gasteiger partial charge in [-0.05, 0) is 63.8 Å². The Balaban J connectivity index is 1.64. The lowest BCUT2D eigenvalue weighted by molar-refractivity contribution is -0.120. The highest BCUT2D eigenvalue weighted by Crippen LogP contribution is 2.28. The number of piperidine rings is 1. The number of carbonyl (C=O) groups is 1. The summed E-state index contributed by atoms with van der Waals surface area (Å²) in [6.45, 7) is 6.41. The Morgan fingerprint density at radius 2 is 2.29 bits per heavy atom. The summed E-state index contributed by atoms with van der Waals surface area (Å²) >= 11 is 0. The lowest BCUT2D eigenvalue weighted by atomic mass is 9.92. The van der Waals surface area contributed by atoms with Gasteiger partial charge in [0.2, 0.25) is 5.91 Å². The van der Waals surface area contributed by atoms with Crippen LogP contribution in [-0.2, 0) is 9.53 Å². The van der Waals surface area contributed by atoms with Crippen molar-refractivity contribution < 1.29 is 14.3 Å². The normalized spacial score (nSPS) is 27.0. The van der Waals surface area contributed by atoms with Crippen LogP contribution >= 0.6 is 0 Å². The molecule has 1 aromatic rings. The molecule has 2 saturated heterocycles. The fourth-order valence-electron chi connectivity index (χ4n) is 3.42. The fourth-order valence-corrected chi connectivity index (χ4v) is 3.42. The highest BCUT2D eigenvalue weighted by Gasteiger charge is 2.25. The first-order valence-corrected chi connectivity index (χ1v) is 9.01. The van der Waals surface area contributed by atoms with E-state index in [2.05, 4.69) is 17.6 Å². The molecule has 1 aromatic carbocycles. The fraction of sp³-hybridized carbons (Fsp3) is 0.632. The van der Waals surface area contributed by atoms with Crippen molar-refractivity contribution in [2.45, 2.75) is 51.7 Å². The quantitative estimate of drug-likeness (QED) is 0.870. The number of carbonyl (C=O) groups excluding carboxylic acids is 1. The van der Waals surface area contributed by atoms with Gasteiger partial charge in [-0.1, -0.05) is 6.07 Å². The van der Waals surface area contributed by atoms with E-state index in [-0.39, 0.29) is 17.9 Å². The molecule has 0 aliphatic carbocycles. The first-order chi connectivity index (χ1) is 11.6. The summed E-state index contributed by atoms with van der Waals surface area (Å²) in [4.78, 5) is 12.6. The molecule has 0 saturated carbocycles. The van der Waals surface area contributed by atoms with Crippen LogP contribution in [0.25, 0.3) is 0 Å². The summed E-state index contributed by atoms with van der Waals surface area (Å²) in [5.41, 5.74) is 1.88. The van der Waals surface area contributed by atoms with Gasteiger partial charge in [0.05, 0.1) is 11.8 Å². The molecular formula is C19H28N2O3. The molecule has 0 radical (unpaired) electrons. The second-order valence-electron chi connectivity index (χ2n) is 7.01. The maximum atomic E-state index is 12.6. The number of hydrogen-bond acceptors (Lipinski definition) is 4. The van der Waals surface area contributed by atoms with Crippen LogP contribution in [0.2, 0.25) is 0 Å². The molecule has 2 N–H and O–H groups in total. The summed E-state index contributed by atoms with van der Waals surface area (Å²) in [5, 5.41) is 6.45. The lowest BCUT2D eigenvalue weighted by Gasteiger charge is -2.27. The van der Waals surface area contributed by atoms with Crippen LogP contribution < -0.4 is 15.4 Å². The molecule has 5 nitrogen and oxygen atoms in total. The third-order valence-electron chi connectivity index (χ3n) is 4.84. The topological polar surface area (TPSA) is 59.6 Å². The van der Waals surface area contributed by atoms with Crippen molar-refractivity contribution >= 4 is 11.6 Å². The minimum atomic E-state index is 0.0635. The van der Waals surface area contributed by atoms with Crippen LogP contribution in [0.15, 0.2) is 18.2 Å². The number of hydrogen-bond donors (Lipinski definition) is 2. The van der Waals surface area contributed by atoms with E-state index in [4.69, 9.17) is 9.47 Å². The molecule has 3 rings (SSSR count). The molecule has 3 atom stereocenters. The average molecular weight is 332 g/mol. The Bertz CT molecular complexity index is 570. The largest absolute Gasteiger partial charge is 0.489 e. The van der Waals surface area contributed by atoms with E-state index in [9.17, 15) is 4.79 Å². The zero-order valence-electron chi connectivity index (χ0n) is 14.6. The van der Waals surface area contributed by atoms with Crippen molar-refractivity contribution in [3.8, 4) is 5.75 Å². The molecule has 0 aromatic heterocycles. The minimum Gasteiger partial charge on any atom is -0.489 e. The monoisotopic (exact) mass is 332 g/mol. The summed E-state index contributed by atoms with van der Waals surface area (Å²) in [5.74, 6) is 0.892. The van der Waals surface area contributed by atoms with Crippen LogP contribution in [-0.4, -0.2) is 37.8 Å². The van der Waals surface area contributed by atoms with Gasteiger partial charge in [-0.2, -0.15) is 0 Å². The minimum absolute atomic E-state index is 0.0635. The molecule has 2 heterocycles. The number of ether oxygens (including phenoxy) is 2. The zero-order chi connectivity index (χ0) is 16.9. The van der Waals surface area contributed by atoms with E-state index in [1.807, 2.05) is 25.1 Å². The number of amides is 1. The van der Waals surface area contributed by atoms with Crippen molar-refractivity contribution in [2.75, 3.05) is 25.1 Å². The molecule has 2 fully saturated rings. The van der Waals surface area contributed by atoms with E-state index in [1.54, 1.807) is 0 Å². The number of nitrogens with one attached hydrogen (secondary N) is 2. The third-order valence-corrected chi connectivity index (χ3v) is 4.84. The maximum Gasteiger partial charge on any atom is 0.227 e. The first kappa shape index (κ1) is 17.2. The Hall–Kier alpha value is -1.59. The molecule has 2 aliphatic rings. The Morgan fingerprint density at radius 3 is 3.04 bits per heavy atom. The van der Waals surface area contributed by atoms with Gasteiger partial charge in [-0.25, -0.2) is 0 Å². The molecule has 132 valence electrons. The summed E-state index contributed by atoms with van der Waals surface area (Å²) in [6, 6.07) is 6.31. The Labute approximate surface area is 144 Å². The van der Waals surface area contributed by atoms with Gasteiger partial charge in [-0.3, -0.25) is 4.79 Å². The summed E-state index contributed by atoms with van der Waals surface area (Å²) < 4.78 is 11.6. The van der Waals surface area contributed by atoms with Gasteiger partial charge in [0.15, 0.2) is 0 Å². The molecule has 5 heteroatoms. The lowest BCUT2D eigenvalue weighted by Crippen LogP contribution is -2.40. The smallest absolute Gasteiger partial charge is 0.227 e. The van der Waals surface area contributed by atoms with Crippen molar-refractivity contribution in [1.29, 1.82) is 0 Å². The van der Waals surface area contributed by atoms with Crippen LogP contribution in [0.4, 0.5) is 5.69 Å². The maximum absolute atomic E-state index is 12.6. The third kappa shape index (κ3) is 4.48. The number of aryl methyl sites for hydroxylation is 1. The van der Waals surface area contributed by atoms with Crippen LogP contribution in [0.1, 0.15) is 38.2 Å². The van der Waals surface area contributed by atoms with E-state index in [0.29, 0.717) is 12.6 Å². The zero-order valence-corrected chi connectivity index (χ0v) is 14.6. The molecule has 2 aliphatic heterocycles. The highest BCUT2D eigenvalue weighted by molar-refractivity contribution is 5.94. The van der Waals surface area contributed by atoms with Gasteiger partial charge in [0.25, 0.3) is 0 Å². The van der Waals surface area contributed by atoms with Crippen molar-refractivity contribution in [2.24, 2.45) is 5.92 Å². The molecule has 1 amide bonds. The number of benzene rings is 1. The summed E-state index contributed by atoms with van der Waals surface area (Å²) in [6.07, 6.45) is 4.07. The van der Waals surface area contributed by atoms with Gasteiger partial charge >= 0.3 is 0 Å². The highest BCUT2D eigenvalue weighted by atomic mass is 16.5. The van der Waals surface area contributed by atoms with E-state index in [0.717, 1.165) is 55.8 Å².